The van der Waals surface area contributed by atoms with Crippen LogP contribution in [-0.2, 0) is 5.41 Å². The molecule has 16 nitrogen and oxygen atoms in total. The van der Waals surface area contributed by atoms with Crippen molar-refractivity contribution in [1.82, 2.24) is 77.7 Å². The molecule has 0 saturated carbocycles. The quantitative estimate of drug-likeness (QED) is 0.142. The van der Waals surface area contributed by atoms with Crippen LogP contribution >= 0.6 is 0 Å². The zero-order valence-corrected chi connectivity index (χ0v) is 72.0. The summed E-state index contributed by atoms with van der Waals surface area (Å²) in [5, 5.41) is 18.9. The zero-order chi connectivity index (χ0) is 92.7. The SMILES string of the molecule is CC1(C)c2ccccc2-c2ccc(-c3nc(-n4c5ccccc5c5cc6ccccc6cc54)nc4ncccc34)cc21.[2H]c1c([2H])c([2H])c(-n2c3ccccc3c3cc(-c4nc(-n5c6ccccc6c6cc7ccccc7cc65)nc5nccnc45)ccc32)c([2H])c1[2H].c1ccc(-n2c3ccccc3c3cc(-c4nc(-n5c6ccccc6c6cc7ccccc7cc65)nc5nccnc45)ccc32)cc1. The second kappa shape index (κ2) is 30.0. The van der Waals surface area contributed by atoms with Crippen LogP contribution in [0.25, 0.3) is 249 Å². The molecule has 17 aromatic carbocycles. The molecule has 626 valence electrons. The maximum Gasteiger partial charge on any atom is 0.237 e. The highest BCUT2D eigenvalue weighted by Gasteiger charge is 2.36. The predicted molar refractivity (Wildman–Crippen MR) is 546 cm³/mol. The molecule has 0 spiro atoms. The second-order valence-electron chi connectivity index (χ2n) is 34.6. The van der Waals surface area contributed by atoms with Crippen LogP contribution in [0.4, 0.5) is 0 Å². The third kappa shape index (κ3) is 11.9. The van der Waals surface area contributed by atoms with Gasteiger partial charge in [0.15, 0.2) is 16.9 Å². The van der Waals surface area contributed by atoms with Crippen LogP contribution in [0.2, 0.25) is 0 Å². The van der Waals surface area contributed by atoms with E-state index in [-0.39, 0.29) is 35.3 Å². The number of aromatic nitrogens is 16. The smallest absolute Gasteiger partial charge is 0.237 e. The predicted octanol–water partition coefficient (Wildman–Crippen LogP) is 28.1. The summed E-state index contributed by atoms with van der Waals surface area (Å²) in [5.41, 5.74) is 24.3. The van der Waals surface area contributed by atoms with Gasteiger partial charge >= 0.3 is 0 Å². The van der Waals surface area contributed by atoms with E-state index in [9.17, 15) is 0 Å². The fourth-order valence-electron chi connectivity index (χ4n) is 20.7. The lowest BCUT2D eigenvalue weighted by molar-refractivity contribution is 0.660. The molecule has 28 aromatic rings. The third-order valence-electron chi connectivity index (χ3n) is 26.8. The Bertz CT molecular complexity index is 10100. The Morgan fingerprint density at radius 3 is 1.04 bits per heavy atom. The Morgan fingerprint density at radius 2 is 0.567 bits per heavy atom. The highest BCUT2D eigenvalue weighted by molar-refractivity contribution is 6.18. The van der Waals surface area contributed by atoms with Crippen molar-refractivity contribution in [2.75, 3.05) is 0 Å². The van der Waals surface area contributed by atoms with Crippen molar-refractivity contribution in [3.63, 3.8) is 0 Å². The summed E-state index contributed by atoms with van der Waals surface area (Å²) in [6.45, 7) is 4.63. The van der Waals surface area contributed by atoms with Gasteiger partial charge in [0.2, 0.25) is 17.8 Å². The molecule has 134 heavy (non-hydrogen) atoms. The van der Waals surface area contributed by atoms with Crippen LogP contribution in [0.3, 0.4) is 0 Å². The number of hydrogen-bond acceptors (Lipinski definition) is 11. The van der Waals surface area contributed by atoms with E-state index >= 15 is 0 Å². The molecule has 16 heteroatoms. The number of nitrogens with zero attached hydrogens (tertiary/aromatic N) is 16. The minimum atomic E-state index is -0.430. The highest BCUT2D eigenvalue weighted by Crippen LogP contribution is 2.51. The molecule has 1 aliphatic carbocycles. The molecule has 0 unspecified atom stereocenters. The highest BCUT2D eigenvalue weighted by atomic mass is 15.2. The van der Waals surface area contributed by atoms with Gasteiger partial charge in [0.25, 0.3) is 0 Å². The average Bonchev–Trinajstić information content (AvgIpc) is 1.60. The van der Waals surface area contributed by atoms with Crippen molar-refractivity contribution >= 4 is 175 Å². The van der Waals surface area contributed by atoms with Crippen molar-refractivity contribution in [3.05, 3.63) is 424 Å². The Kier molecular flexibility index (Phi) is 15.9. The van der Waals surface area contributed by atoms with Crippen molar-refractivity contribution < 1.29 is 6.85 Å². The molecule has 11 aromatic heterocycles. The van der Waals surface area contributed by atoms with Crippen LogP contribution in [0, 0.1) is 0 Å². The van der Waals surface area contributed by atoms with E-state index < -0.39 is 6.04 Å². The molecule has 0 bridgehead atoms. The monoisotopic (exact) mass is 1720 g/mol. The van der Waals surface area contributed by atoms with Crippen molar-refractivity contribution in [1.29, 1.82) is 0 Å². The molecule has 0 amide bonds. The van der Waals surface area contributed by atoms with Crippen LogP contribution in [0.5, 0.6) is 0 Å². The van der Waals surface area contributed by atoms with E-state index in [0.29, 0.717) is 62.5 Å². The lowest BCUT2D eigenvalue weighted by Crippen LogP contribution is -2.15. The number of fused-ring (bicyclic) bond motifs is 24. The molecule has 0 atom stereocenters. The van der Waals surface area contributed by atoms with Gasteiger partial charge in [-0.3, -0.25) is 13.7 Å². The first-order valence-electron chi connectivity index (χ1n) is 47.1. The Balaban J connectivity index is 0.000000105. The first-order chi connectivity index (χ1) is 68.3. The van der Waals surface area contributed by atoms with Gasteiger partial charge < -0.3 is 9.13 Å². The number of pyridine rings is 1. The van der Waals surface area contributed by atoms with E-state index in [2.05, 4.69) is 320 Å². The van der Waals surface area contributed by atoms with Crippen molar-refractivity contribution in [2.45, 2.75) is 19.3 Å². The van der Waals surface area contributed by atoms with Gasteiger partial charge in [-0.15, -0.1) is 0 Å². The summed E-state index contributed by atoms with van der Waals surface area (Å²) in [5.74, 6) is 1.65. The van der Waals surface area contributed by atoms with Gasteiger partial charge in [-0.2, -0.15) is 15.0 Å². The lowest BCUT2D eigenvalue weighted by Gasteiger charge is -2.22. The molecule has 29 rings (SSSR count). The summed E-state index contributed by atoms with van der Waals surface area (Å²) < 4.78 is 52.8. The van der Waals surface area contributed by atoms with E-state index in [0.717, 1.165) is 132 Å². The number of hydrogen-bond donors (Lipinski definition) is 0. The zero-order valence-electron chi connectivity index (χ0n) is 77.0. The topological polar surface area (TPSA) is 166 Å². The number of para-hydroxylation sites is 7. The number of rotatable bonds is 8. The van der Waals surface area contributed by atoms with Gasteiger partial charge in [-0.1, -0.05) is 262 Å². The second-order valence-corrected chi connectivity index (χ2v) is 34.6. The normalized spacial score (nSPS) is 13.0. The van der Waals surface area contributed by atoms with Crippen LogP contribution in [0.15, 0.2) is 413 Å². The first kappa shape index (κ1) is 70.9. The minimum Gasteiger partial charge on any atom is -0.309 e. The summed E-state index contributed by atoms with van der Waals surface area (Å²) >= 11 is 0. The minimum absolute atomic E-state index is 0.0967. The largest absolute Gasteiger partial charge is 0.309 e. The maximum absolute atomic E-state index is 8.75. The molecule has 1 aliphatic rings. The average molecular weight is 1720 g/mol. The Labute approximate surface area is 772 Å². The molecule has 0 N–H and O–H groups in total. The van der Waals surface area contributed by atoms with E-state index in [1.165, 1.54) is 60.0 Å². The van der Waals surface area contributed by atoms with Gasteiger partial charge in [-0.25, -0.2) is 39.9 Å². The molecule has 0 saturated heterocycles. The molecule has 0 fully saturated rings. The Morgan fingerprint density at radius 1 is 0.224 bits per heavy atom. The third-order valence-corrected chi connectivity index (χ3v) is 26.8. The van der Waals surface area contributed by atoms with Gasteiger partial charge in [0.1, 0.15) is 22.4 Å². The fraction of sp³-hybridized carbons (Fsp3) is 0.0254. The van der Waals surface area contributed by atoms with Gasteiger partial charge in [0, 0.05) is 124 Å². The standard InChI is InChI=1S/2C40H24N6.C38H26N4/c2*1-2-12-28(13-3-1)45-33-16-8-6-14-29(33)31-23-27(18-19-35(31)45)37-38-39(42-21-20-41-38)44-40(43-37)46-34-17-9-7-15-30(34)32-22-25-10-4-5-11-26(25)24-36(32)46;1-38(2)31-15-7-5-12-26(31)27-18-17-25(21-32(27)38)35-29-14-9-19-39-36(29)41-37(40-35)42-33-16-8-6-13-28(33)30-20-23-10-3-4-11-24(23)22-34(30)42/h2*1-24H;3-22H,1-2H3/i1D,2D,3D,12D,13D;;. The summed E-state index contributed by atoms with van der Waals surface area (Å²) in [4.78, 5) is 54.3. The summed E-state index contributed by atoms with van der Waals surface area (Å²) in [7, 11) is 0. The number of benzene rings is 17. The van der Waals surface area contributed by atoms with E-state index in [1.54, 1.807) is 29.4 Å². The van der Waals surface area contributed by atoms with Crippen molar-refractivity contribution in [2.24, 2.45) is 0 Å². The fourth-order valence-corrected chi connectivity index (χ4v) is 20.7. The van der Waals surface area contributed by atoms with Crippen molar-refractivity contribution in [3.8, 4) is 74.1 Å². The van der Waals surface area contributed by atoms with Crippen LogP contribution in [0.1, 0.15) is 31.8 Å². The molecule has 11 heterocycles. The summed E-state index contributed by atoms with van der Waals surface area (Å²) in [6.07, 6.45) is 8.47. The van der Waals surface area contributed by atoms with Gasteiger partial charge in [-0.05, 0) is 188 Å². The van der Waals surface area contributed by atoms with Gasteiger partial charge in [0.05, 0.1) is 67.7 Å². The first-order valence-corrected chi connectivity index (χ1v) is 44.6. The molecule has 0 aliphatic heterocycles. The molecule has 0 radical (unpaired) electrons. The lowest BCUT2D eigenvalue weighted by atomic mass is 9.82. The Hall–Kier alpha value is -18.2. The van der Waals surface area contributed by atoms with Crippen LogP contribution in [-0.4, -0.2) is 77.7 Å². The molecular formula is C118H74N16. The van der Waals surface area contributed by atoms with E-state index in [4.69, 9.17) is 46.7 Å². The van der Waals surface area contributed by atoms with Crippen LogP contribution < -0.4 is 0 Å². The maximum atomic E-state index is 8.75. The summed E-state index contributed by atoms with van der Waals surface area (Å²) in [6, 6.07) is 121. The van der Waals surface area contributed by atoms with E-state index in [1.807, 2.05) is 85.1 Å². The molecular weight excluding hydrogens is 1640 g/mol.